The molecule has 4 heteroatoms. The average molecular weight is 293 g/mol. The minimum absolute atomic E-state index is 0.607. The van der Waals surface area contributed by atoms with E-state index in [9.17, 15) is 13.2 Å². The lowest BCUT2D eigenvalue weighted by molar-refractivity contribution is -0.137. The van der Waals surface area contributed by atoms with Crippen molar-refractivity contribution in [2.45, 2.75) is 19.5 Å². The van der Waals surface area contributed by atoms with E-state index in [0.29, 0.717) is 0 Å². The molecule has 0 amide bonds. The normalized spacial score (nSPS) is 12.9. The van der Waals surface area contributed by atoms with Gasteiger partial charge in [0.05, 0.1) is 5.56 Å². The van der Waals surface area contributed by atoms with Crippen LogP contribution in [0.15, 0.2) is 30.3 Å². The summed E-state index contributed by atoms with van der Waals surface area (Å²) in [5.74, 6) is 0. The van der Waals surface area contributed by atoms with Gasteiger partial charge in [-0.3, -0.25) is 0 Å². The third kappa shape index (κ3) is 3.67. The van der Waals surface area contributed by atoms with Crippen LogP contribution in [-0.2, 0) is 6.18 Å². The molecule has 0 radical (unpaired) electrons. The molecule has 1 aromatic rings. The SMILES string of the molecule is CC(=CCCBr)c1ccc(C(F)(F)F)cc1. The Balaban J connectivity index is 2.87. The quantitative estimate of drug-likeness (QED) is 0.696. The van der Waals surface area contributed by atoms with Crippen molar-refractivity contribution in [2.24, 2.45) is 0 Å². The van der Waals surface area contributed by atoms with Gasteiger partial charge in [0.25, 0.3) is 0 Å². The highest BCUT2D eigenvalue weighted by Crippen LogP contribution is 2.30. The number of benzene rings is 1. The molecule has 16 heavy (non-hydrogen) atoms. The minimum Gasteiger partial charge on any atom is -0.166 e. The molecule has 0 aromatic heterocycles. The lowest BCUT2D eigenvalue weighted by Crippen LogP contribution is -2.04. The number of hydrogen-bond acceptors (Lipinski definition) is 0. The van der Waals surface area contributed by atoms with Gasteiger partial charge in [-0.25, -0.2) is 0 Å². The van der Waals surface area contributed by atoms with Crippen molar-refractivity contribution in [1.82, 2.24) is 0 Å². The fourth-order valence-corrected chi connectivity index (χ4v) is 1.54. The van der Waals surface area contributed by atoms with Crippen LogP contribution in [0.3, 0.4) is 0 Å². The van der Waals surface area contributed by atoms with E-state index in [1.807, 2.05) is 13.0 Å². The number of rotatable bonds is 3. The molecule has 0 bridgehead atoms. The molecule has 0 aliphatic heterocycles. The predicted octanol–water partition coefficient (Wildman–Crippen LogP) is 4.89. The van der Waals surface area contributed by atoms with Crippen LogP contribution < -0.4 is 0 Å². The smallest absolute Gasteiger partial charge is 0.166 e. The van der Waals surface area contributed by atoms with Gasteiger partial charge in [-0.05, 0) is 36.6 Å². The lowest BCUT2D eigenvalue weighted by Gasteiger charge is -2.07. The molecule has 0 fully saturated rings. The van der Waals surface area contributed by atoms with Gasteiger partial charge in [0, 0.05) is 5.33 Å². The van der Waals surface area contributed by atoms with Gasteiger partial charge in [-0.15, -0.1) is 0 Å². The van der Waals surface area contributed by atoms with Crippen LogP contribution in [-0.4, -0.2) is 5.33 Å². The molecule has 0 heterocycles. The maximum Gasteiger partial charge on any atom is 0.416 e. The molecule has 0 N–H and O–H groups in total. The second kappa shape index (κ2) is 5.53. The molecule has 1 aromatic carbocycles. The Morgan fingerprint density at radius 3 is 2.25 bits per heavy atom. The van der Waals surface area contributed by atoms with Crippen molar-refractivity contribution in [3.63, 3.8) is 0 Å². The second-order valence-electron chi connectivity index (χ2n) is 3.44. The van der Waals surface area contributed by atoms with Gasteiger partial charge in [-0.1, -0.05) is 34.1 Å². The zero-order chi connectivity index (χ0) is 12.2. The van der Waals surface area contributed by atoms with Crippen LogP contribution in [0.4, 0.5) is 13.2 Å². The Morgan fingerprint density at radius 1 is 1.25 bits per heavy atom. The summed E-state index contributed by atoms with van der Waals surface area (Å²) < 4.78 is 36.9. The van der Waals surface area contributed by atoms with Gasteiger partial charge in [0.2, 0.25) is 0 Å². The number of allylic oxidation sites excluding steroid dienone is 2. The Hall–Kier alpha value is -0.770. The summed E-state index contributed by atoms with van der Waals surface area (Å²) in [5.41, 5.74) is 1.21. The van der Waals surface area contributed by atoms with E-state index in [-0.39, 0.29) is 0 Å². The average Bonchev–Trinajstić information content (AvgIpc) is 2.25. The van der Waals surface area contributed by atoms with E-state index in [0.717, 1.165) is 35.0 Å². The molecule has 0 aliphatic carbocycles. The Kier molecular flexibility index (Phi) is 4.59. The summed E-state index contributed by atoms with van der Waals surface area (Å²) in [5, 5.41) is 0.852. The molecule has 0 atom stereocenters. The summed E-state index contributed by atoms with van der Waals surface area (Å²) in [6.45, 7) is 1.89. The maximum atomic E-state index is 12.3. The van der Waals surface area contributed by atoms with E-state index in [1.54, 1.807) is 0 Å². The van der Waals surface area contributed by atoms with Gasteiger partial charge in [0.15, 0.2) is 0 Å². The third-order valence-electron chi connectivity index (χ3n) is 2.23. The molecule has 0 nitrogen and oxygen atoms in total. The Morgan fingerprint density at radius 2 is 1.81 bits per heavy atom. The number of alkyl halides is 4. The largest absolute Gasteiger partial charge is 0.416 e. The summed E-state index contributed by atoms with van der Waals surface area (Å²) >= 11 is 3.29. The summed E-state index contributed by atoms with van der Waals surface area (Å²) in [7, 11) is 0. The highest BCUT2D eigenvalue weighted by molar-refractivity contribution is 9.09. The number of hydrogen-bond donors (Lipinski definition) is 0. The fourth-order valence-electron chi connectivity index (χ4n) is 1.31. The molecule has 0 saturated carbocycles. The standard InChI is InChI=1S/C12H12BrF3/c1-9(3-2-8-13)10-4-6-11(7-5-10)12(14,15)16/h3-7H,2,8H2,1H3. The van der Waals surface area contributed by atoms with Gasteiger partial charge >= 0.3 is 6.18 Å². The van der Waals surface area contributed by atoms with E-state index < -0.39 is 11.7 Å². The Bertz CT molecular complexity index is 363. The van der Waals surface area contributed by atoms with Crippen molar-refractivity contribution in [2.75, 3.05) is 5.33 Å². The predicted molar refractivity (Wildman–Crippen MR) is 63.5 cm³/mol. The molecular formula is C12H12BrF3. The highest BCUT2D eigenvalue weighted by Gasteiger charge is 2.29. The Labute approximate surface area is 101 Å². The topological polar surface area (TPSA) is 0 Å². The van der Waals surface area contributed by atoms with Gasteiger partial charge < -0.3 is 0 Å². The minimum atomic E-state index is -4.26. The first-order chi connectivity index (χ1) is 7.45. The second-order valence-corrected chi connectivity index (χ2v) is 4.23. The number of halogens is 4. The van der Waals surface area contributed by atoms with E-state index in [4.69, 9.17) is 0 Å². The van der Waals surface area contributed by atoms with Crippen LogP contribution in [0.25, 0.3) is 5.57 Å². The van der Waals surface area contributed by atoms with Crippen LogP contribution in [0, 0.1) is 0 Å². The zero-order valence-electron chi connectivity index (χ0n) is 8.81. The molecule has 0 aliphatic rings. The van der Waals surface area contributed by atoms with Crippen molar-refractivity contribution in [3.8, 4) is 0 Å². The molecule has 0 saturated heterocycles. The maximum absolute atomic E-state index is 12.3. The van der Waals surface area contributed by atoms with Gasteiger partial charge in [0.1, 0.15) is 0 Å². The molecule has 1 rings (SSSR count). The molecular weight excluding hydrogens is 281 g/mol. The van der Waals surface area contributed by atoms with Crippen LogP contribution >= 0.6 is 15.9 Å². The first-order valence-electron chi connectivity index (χ1n) is 4.85. The van der Waals surface area contributed by atoms with Gasteiger partial charge in [-0.2, -0.15) is 13.2 Å². The van der Waals surface area contributed by atoms with Crippen molar-refractivity contribution in [1.29, 1.82) is 0 Å². The van der Waals surface area contributed by atoms with Crippen LogP contribution in [0.1, 0.15) is 24.5 Å². The fraction of sp³-hybridized carbons (Fsp3) is 0.333. The van der Waals surface area contributed by atoms with Crippen LogP contribution in [0.2, 0.25) is 0 Å². The molecule has 88 valence electrons. The van der Waals surface area contributed by atoms with Crippen molar-refractivity contribution >= 4 is 21.5 Å². The summed E-state index contributed by atoms with van der Waals surface area (Å²) in [6.07, 6.45) is -1.39. The monoisotopic (exact) mass is 292 g/mol. The van der Waals surface area contributed by atoms with E-state index in [2.05, 4.69) is 15.9 Å². The van der Waals surface area contributed by atoms with Crippen molar-refractivity contribution in [3.05, 3.63) is 41.5 Å². The van der Waals surface area contributed by atoms with E-state index >= 15 is 0 Å². The molecule has 0 unspecified atom stereocenters. The zero-order valence-corrected chi connectivity index (χ0v) is 10.4. The summed E-state index contributed by atoms with van der Waals surface area (Å²) in [6, 6.07) is 5.23. The first-order valence-corrected chi connectivity index (χ1v) is 5.97. The molecule has 0 spiro atoms. The highest BCUT2D eigenvalue weighted by atomic mass is 79.9. The van der Waals surface area contributed by atoms with Crippen LogP contribution in [0.5, 0.6) is 0 Å². The third-order valence-corrected chi connectivity index (χ3v) is 2.69. The van der Waals surface area contributed by atoms with E-state index in [1.165, 1.54) is 12.1 Å². The first kappa shape index (κ1) is 13.3. The van der Waals surface area contributed by atoms with Crippen molar-refractivity contribution < 1.29 is 13.2 Å². The summed E-state index contributed by atoms with van der Waals surface area (Å²) in [4.78, 5) is 0. The lowest BCUT2D eigenvalue weighted by atomic mass is 10.0.